The first kappa shape index (κ1) is 20.6. The van der Waals surface area contributed by atoms with Crippen molar-refractivity contribution in [1.82, 2.24) is 4.90 Å². The zero-order valence-electron chi connectivity index (χ0n) is 15.8. The van der Waals surface area contributed by atoms with Gasteiger partial charge in [0.1, 0.15) is 5.56 Å². The fourth-order valence-electron chi connectivity index (χ4n) is 3.26. The van der Waals surface area contributed by atoms with Gasteiger partial charge < -0.3 is 14.5 Å². The minimum Gasteiger partial charge on any atom is -0.465 e. The molecule has 0 radical (unpaired) electrons. The van der Waals surface area contributed by atoms with Gasteiger partial charge in [-0.3, -0.25) is 14.9 Å². The number of rotatable bonds is 5. The van der Waals surface area contributed by atoms with Gasteiger partial charge in [-0.2, -0.15) is 0 Å². The van der Waals surface area contributed by atoms with E-state index in [1.54, 1.807) is 23.1 Å². The molecule has 0 atom stereocenters. The quantitative estimate of drug-likeness (QED) is 0.422. The third-order valence-corrected chi connectivity index (χ3v) is 5.10. The molecule has 1 heterocycles. The van der Waals surface area contributed by atoms with Crippen LogP contribution in [0.2, 0.25) is 5.02 Å². The van der Waals surface area contributed by atoms with Crippen LogP contribution in [0.4, 0.5) is 11.4 Å². The summed E-state index contributed by atoms with van der Waals surface area (Å²) >= 11 is 5.87. The Morgan fingerprint density at radius 3 is 2.34 bits per heavy atom. The third kappa shape index (κ3) is 4.83. The number of ether oxygens (including phenoxy) is 1. The average molecular weight is 418 g/mol. The normalized spacial score (nSPS) is 13.9. The van der Waals surface area contributed by atoms with Crippen molar-refractivity contribution < 1.29 is 19.2 Å². The molecular weight excluding hydrogens is 398 g/mol. The summed E-state index contributed by atoms with van der Waals surface area (Å²) in [5, 5.41) is 11.8. The van der Waals surface area contributed by atoms with E-state index in [-0.39, 0.29) is 17.2 Å². The molecule has 0 unspecified atom stereocenters. The summed E-state index contributed by atoms with van der Waals surface area (Å²) in [6.45, 7) is 2.17. The van der Waals surface area contributed by atoms with Gasteiger partial charge in [-0.05, 0) is 29.8 Å². The lowest BCUT2D eigenvalue weighted by molar-refractivity contribution is -0.385. The Balaban J connectivity index is 1.65. The number of nitro groups is 1. The maximum absolute atomic E-state index is 12.5. The molecule has 8 nitrogen and oxygen atoms in total. The third-order valence-electron chi connectivity index (χ3n) is 4.85. The average Bonchev–Trinajstić information content (AvgIpc) is 2.74. The van der Waals surface area contributed by atoms with E-state index in [0.717, 1.165) is 5.56 Å². The van der Waals surface area contributed by atoms with Crippen molar-refractivity contribution in [2.45, 2.75) is 6.42 Å². The molecule has 2 aromatic rings. The Kier molecular flexibility index (Phi) is 6.33. The predicted molar refractivity (Wildman–Crippen MR) is 108 cm³/mol. The van der Waals surface area contributed by atoms with Crippen molar-refractivity contribution >= 4 is 34.9 Å². The van der Waals surface area contributed by atoms with Gasteiger partial charge >= 0.3 is 5.97 Å². The van der Waals surface area contributed by atoms with E-state index in [2.05, 4.69) is 4.74 Å². The van der Waals surface area contributed by atoms with Gasteiger partial charge in [0.25, 0.3) is 5.69 Å². The molecule has 0 bridgehead atoms. The second kappa shape index (κ2) is 8.91. The molecule has 1 saturated heterocycles. The summed E-state index contributed by atoms with van der Waals surface area (Å²) in [7, 11) is 1.18. The number of hydrogen-bond donors (Lipinski definition) is 0. The molecule has 0 aliphatic carbocycles. The SMILES string of the molecule is COC(=O)c1cc(N2CCN(C(=O)Cc3ccc(Cl)cc3)CC2)ccc1[N+](=O)[O-]. The number of nitrogens with zero attached hydrogens (tertiary/aromatic N) is 3. The van der Waals surface area contributed by atoms with Crippen LogP contribution >= 0.6 is 11.6 Å². The van der Waals surface area contributed by atoms with Crippen molar-refractivity contribution in [2.24, 2.45) is 0 Å². The summed E-state index contributed by atoms with van der Waals surface area (Å²) in [6, 6.07) is 11.6. The number of halogens is 1. The topological polar surface area (TPSA) is 93.0 Å². The smallest absolute Gasteiger partial charge is 0.344 e. The minimum absolute atomic E-state index is 0.0333. The number of amides is 1. The molecule has 0 aromatic heterocycles. The molecule has 1 aliphatic heterocycles. The Morgan fingerprint density at radius 2 is 1.76 bits per heavy atom. The van der Waals surface area contributed by atoms with E-state index >= 15 is 0 Å². The van der Waals surface area contributed by atoms with Gasteiger partial charge in [0, 0.05) is 43.0 Å². The van der Waals surface area contributed by atoms with E-state index in [0.29, 0.717) is 43.3 Å². The van der Waals surface area contributed by atoms with Crippen LogP contribution in [0.5, 0.6) is 0 Å². The number of nitro benzene ring substituents is 1. The fraction of sp³-hybridized carbons (Fsp3) is 0.300. The maximum Gasteiger partial charge on any atom is 0.344 e. The van der Waals surface area contributed by atoms with Crippen LogP contribution in [0.15, 0.2) is 42.5 Å². The van der Waals surface area contributed by atoms with Crippen LogP contribution < -0.4 is 4.90 Å². The van der Waals surface area contributed by atoms with E-state index in [1.807, 2.05) is 17.0 Å². The Morgan fingerprint density at radius 1 is 1.10 bits per heavy atom. The first-order chi connectivity index (χ1) is 13.9. The van der Waals surface area contributed by atoms with Crippen molar-refractivity contribution in [1.29, 1.82) is 0 Å². The van der Waals surface area contributed by atoms with Gasteiger partial charge in [-0.15, -0.1) is 0 Å². The minimum atomic E-state index is -0.754. The molecule has 0 saturated carbocycles. The number of carbonyl (C=O) groups is 2. The summed E-state index contributed by atoms with van der Waals surface area (Å²) in [5.74, 6) is -0.721. The van der Waals surface area contributed by atoms with Gasteiger partial charge in [0.15, 0.2) is 0 Å². The largest absolute Gasteiger partial charge is 0.465 e. The lowest BCUT2D eigenvalue weighted by atomic mass is 10.1. The highest BCUT2D eigenvalue weighted by Crippen LogP contribution is 2.26. The number of benzene rings is 2. The van der Waals surface area contributed by atoms with Gasteiger partial charge in [-0.25, -0.2) is 4.79 Å². The van der Waals surface area contributed by atoms with Gasteiger partial charge in [-0.1, -0.05) is 23.7 Å². The van der Waals surface area contributed by atoms with Crippen LogP contribution in [-0.4, -0.2) is 55.0 Å². The van der Waals surface area contributed by atoms with Gasteiger partial charge in [0.05, 0.1) is 18.5 Å². The lowest BCUT2D eigenvalue weighted by Crippen LogP contribution is -2.49. The van der Waals surface area contributed by atoms with E-state index < -0.39 is 10.9 Å². The van der Waals surface area contributed by atoms with E-state index in [4.69, 9.17) is 11.6 Å². The first-order valence-corrected chi connectivity index (χ1v) is 9.40. The standard InChI is InChI=1S/C20H20ClN3O5/c1-29-20(26)17-13-16(6-7-18(17)24(27)28)22-8-10-23(11-9-22)19(25)12-14-2-4-15(21)5-3-14/h2-7,13H,8-12H2,1H3. The number of piperazine rings is 1. The zero-order valence-corrected chi connectivity index (χ0v) is 16.6. The van der Waals surface area contributed by atoms with Gasteiger partial charge in [0.2, 0.25) is 5.91 Å². The van der Waals surface area contributed by atoms with Crippen LogP contribution in [0, 0.1) is 10.1 Å². The highest BCUT2D eigenvalue weighted by atomic mass is 35.5. The van der Waals surface area contributed by atoms with Crippen LogP contribution in [0.1, 0.15) is 15.9 Å². The van der Waals surface area contributed by atoms with Crippen molar-refractivity contribution in [3.05, 3.63) is 68.7 Å². The molecule has 2 aromatic carbocycles. The molecule has 1 aliphatic rings. The van der Waals surface area contributed by atoms with Crippen molar-refractivity contribution in [2.75, 3.05) is 38.2 Å². The number of methoxy groups -OCH3 is 1. The highest BCUT2D eigenvalue weighted by Gasteiger charge is 2.25. The van der Waals surface area contributed by atoms with Crippen LogP contribution in [-0.2, 0) is 16.0 Å². The number of esters is 1. The summed E-state index contributed by atoms with van der Waals surface area (Å²) < 4.78 is 4.66. The Hall–Kier alpha value is -3.13. The number of anilines is 1. The Labute approximate surface area is 172 Å². The Bertz CT molecular complexity index is 924. The summed E-state index contributed by atoms with van der Waals surface area (Å²) in [6.07, 6.45) is 0.307. The fourth-order valence-corrected chi connectivity index (χ4v) is 3.38. The molecule has 0 spiro atoms. The van der Waals surface area contributed by atoms with E-state index in [1.165, 1.54) is 19.2 Å². The molecule has 9 heteroatoms. The zero-order chi connectivity index (χ0) is 21.0. The molecule has 0 N–H and O–H groups in total. The molecule has 1 amide bonds. The summed E-state index contributed by atoms with van der Waals surface area (Å²) in [4.78, 5) is 38.8. The van der Waals surface area contributed by atoms with Crippen molar-refractivity contribution in [3.8, 4) is 0 Å². The second-order valence-electron chi connectivity index (χ2n) is 6.62. The predicted octanol–water partition coefficient (Wildman–Crippen LogP) is 2.93. The molecular formula is C20H20ClN3O5. The molecule has 29 heavy (non-hydrogen) atoms. The second-order valence-corrected chi connectivity index (χ2v) is 7.06. The lowest BCUT2D eigenvalue weighted by Gasteiger charge is -2.36. The summed E-state index contributed by atoms with van der Waals surface area (Å²) in [5.41, 5.74) is 1.20. The molecule has 3 rings (SSSR count). The van der Waals surface area contributed by atoms with Crippen LogP contribution in [0.25, 0.3) is 0 Å². The monoisotopic (exact) mass is 417 g/mol. The van der Waals surface area contributed by atoms with E-state index in [9.17, 15) is 19.7 Å². The number of carbonyl (C=O) groups excluding carboxylic acids is 2. The molecule has 152 valence electrons. The van der Waals surface area contributed by atoms with Crippen molar-refractivity contribution in [3.63, 3.8) is 0 Å². The maximum atomic E-state index is 12.5. The number of hydrogen-bond acceptors (Lipinski definition) is 6. The first-order valence-electron chi connectivity index (χ1n) is 9.03. The highest BCUT2D eigenvalue weighted by molar-refractivity contribution is 6.30. The molecule has 1 fully saturated rings. The van der Waals surface area contributed by atoms with Crippen LogP contribution in [0.3, 0.4) is 0 Å².